The van der Waals surface area contributed by atoms with E-state index in [9.17, 15) is 0 Å². The molecule has 0 saturated carbocycles. The number of nitrogens with one attached hydrogen (secondary N) is 2. The van der Waals surface area contributed by atoms with Gasteiger partial charge in [0.25, 0.3) is 0 Å². The zero-order chi connectivity index (χ0) is 12.2. The molecule has 2 heterocycles. The molecule has 2 N–H and O–H groups in total. The highest BCUT2D eigenvalue weighted by Gasteiger charge is 2.02. The van der Waals surface area contributed by atoms with Crippen LogP contribution in [0, 0.1) is 0 Å². The van der Waals surface area contributed by atoms with Gasteiger partial charge in [0.05, 0.1) is 10.2 Å². The van der Waals surface area contributed by atoms with Crippen LogP contribution in [0.1, 0.15) is 12.2 Å². The predicted molar refractivity (Wildman–Crippen MR) is 72.8 cm³/mol. The number of anilines is 1. The summed E-state index contributed by atoms with van der Waals surface area (Å²) in [4.78, 5) is 8.61. The third-order valence-corrected chi connectivity index (χ3v) is 3.62. The number of hydrogen-bond acceptors (Lipinski definition) is 5. The molecule has 0 amide bonds. The van der Waals surface area contributed by atoms with E-state index in [1.54, 1.807) is 11.3 Å². The van der Waals surface area contributed by atoms with E-state index >= 15 is 0 Å². The van der Waals surface area contributed by atoms with Gasteiger partial charge in [-0.3, -0.25) is 5.10 Å². The fourth-order valence-electron chi connectivity index (χ4n) is 1.75. The average Bonchev–Trinajstić information content (AvgIpc) is 3.03. The van der Waals surface area contributed by atoms with Gasteiger partial charge in [-0.1, -0.05) is 23.5 Å². The standard InChI is InChI=1S/C12H13N5S/c1-2-5-10-9(4-1)16-12(18-10)13-7-3-6-11-14-8-15-17-11/h1-2,4-5,8H,3,6-7H2,(H,13,16)(H,14,15,17). The molecule has 6 heteroatoms. The van der Waals surface area contributed by atoms with Crippen molar-refractivity contribution in [1.82, 2.24) is 20.2 Å². The number of nitrogens with zero attached hydrogens (tertiary/aromatic N) is 3. The van der Waals surface area contributed by atoms with Gasteiger partial charge in [-0.15, -0.1) is 0 Å². The molecule has 0 bridgehead atoms. The van der Waals surface area contributed by atoms with Gasteiger partial charge < -0.3 is 5.32 Å². The van der Waals surface area contributed by atoms with Gasteiger partial charge >= 0.3 is 0 Å². The molecule has 5 nitrogen and oxygen atoms in total. The van der Waals surface area contributed by atoms with E-state index in [-0.39, 0.29) is 0 Å². The quantitative estimate of drug-likeness (QED) is 0.691. The first-order chi connectivity index (χ1) is 8.92. The number of para-hydroxylation sites is 1. The van der Waals surface area contributed by atoms with E-state index in [2.05, 4.69) is 31.5 Å². The minimum Gasteiger partial charge on any atom is -0.361 e. The molecular weight excluding hydrogens is 246 g/mol. The van der Waals surface area contributed by atoms with Crippen LogP contribution >= 0.6 is 11.3 Å². The van der Waals surface area contributed by atoms with Gasteiger partial charge in [-0.25, -0.2) is 9.97 Å². The van der Waals surface area contributed by atoms with Crippen LogP contribution in [0.2, 0.25) is 0 Å². The molecule has 3 aromatic rings. The van der Waals surface area contributed by atoms with Gasteiger partial charge in [0, 0.05) is 13.0 Å². The zero-order valence-electron chi connectivity index (χ0n) is 9.76. The monoisotopic (exact) mass is 259 g/mol. The molecular formula is C12H13N5S. The van der Waals surface area contributed by atoms with Crippen molar-refractivity contribution in [3.63, 3.8) is 0 Å². The van der Waals surface area contributed by atoms with Crippen molar-refractivity contribution in [2.45, 2.75) is 12.8 Å². The SMILES string of the molecule is c1ccc2sc(NCCCc3ncn[nH]3)nc2c1. The van der Waals surface area contributed by atoms with Crippen LogP contribution in [-0.2, 0) is 6.42 Å². The van der Waals surface area contributed by atoms with Crippen molar-refractivity contribution >= 4 is 26.7 Å². The smallest absolute Gasteiger partial charge is 0.183 e. The van der Waals surface area contributed by atoms with E-state index in [1.807, 2.05) is 18.2 Å². The number of rotatable bonds is 5. The maximum atomic E-state index is 4.52. The third kappa shape index (κ3) is 2.48. The van der Waals surface area contributed by atoms with Crippen LogP contribution in [0.25, 0.3) is 10.2 Å². The van der Waals surface area contributed by atoms with Crippen molar-refractivity contribution in [1.29, 1.82) is 0 Å². The molecule has 0 fully saturated rings. The molecule has 1 aromatic carbocycles. The summed E-state index contributed by atoms with van der Waals surface area (Å²) in [5, 5.41) is 11.0. The number of fused-ring (bicyclic) bond motifs is 1. The predicted octanol–water partition coefficient (Wildman–Crippen LogP) is 2.46. The molecule has 18 heavy (non-hydrogen) atoms. The summed E-state index contributed by atoms with van der Waals surface area (Å²) in [6, 6.07) is 8.17. The van der Waals surface area contributed by atoms with Gasteiger partial charge in [-0.2, -0.15) is 5.10 Å². The molecule has 0 radical (unpaired) electrons. The van der Waals surface area contributed by atoms with Crippen LogP contribution in [0.15, 0.2) is 30.6 Å². The first-order valence-corrected chi connectivity index (χ1v) is 6.67. The Kier molecular flexibility index (Phi) is 3.18. The number of hydrogen-bond donors (Lipinski definition) is 2. The average molecular weight is 259 g/mol. The molecule has 0 unspecified atom stereocenters. The van der Waals surface area contributed by atoms with E-state index < -0.39 is 0 Å². The summed E-state index contributed by atoms with van der Waals surface area (Å²) in [6.45, 7) is 0.889. The maximum absolute atomic E-state index is 4.52. The van der Waals surface area contributed by atoms with Gasteiger partial charge in [0.2, 0.25) is 0 Å². The second-order valence-electron chi connectivity index (χ2n) is 3.95. The maximum Gasteiger partial charge on any atom is 0.183 e. The van der Waals surface area contributed by atoms with Gasteiger partial charge in [-0.05, 0) is 18.6 Å². The lowest BCUT2D eigenvalue weighted by molar-refractivity contribution is 0.805. The first-order valence-electron chi connectivity index (χ1n) is 5.85. The molecule has 0 aliphatic carbocycles. The highest BCUT2D eigenvalue weighted by molar-refractivity contribution is 7.22. The Morgan fingerprint density at radius 1 is 1.28 bits per heavy atom. The molecule has 92 valence electrons. The topological polar surface area (TPSA) is 66.5 Å². The number of aromatic nitrogens is 4. The van der Waals surface area contributed by atoms with Crippen molar-refractivity contribution in [2.75, 3.05) is 11.9 Å². The van der Waals surface area contributed by atoms with Crippen molar-refractivity contribution in [2.24, 2.45) is 0 Å². The summed E-state index contributed by atoms with van der Waals surface area (Å²) in [7, 11) is 0. The van der Waals surface area contributed by atoms with Crippen LogP contribution < -0.4 is 5.32 Å². The lowest BCUT2D eigenvalue weighted by atomic mass is 10.3. The van der Waals surface area contributed by atoms with Crippen molar-refractivity contribution in [3.05, 3.63) is 36.4 Å². The minimum absolute atomic E-state index is 0.889. The number of aryl methyl sites for hydroxylation is 1. The van der Waals surface area contributed by atoms with E-state index in [0.29, 0.717) is 0 Å². The number of benzene rings is 1. The molecule has 2 aromatic heterocycles. The molecule has 3 rings (SSSR count). The Morgan fingerprint density at radius 3 is 3.06 bits per heavy atom. The zero-order valence-corrected chi connectivity index (χ0v) is 10.6. The Hall–Kier alpha value is -1.95. The van der Waals surface area contributed by atoms with E-state index in [4.69, 9.17) is 0 Å². The lowest BCUT2D eigenvalue weighted by Gasteiger charge is -2.00. The van der Waals surface area contributed by atoms with E-state index in [0.717, 1.165) is 35.9 Å². The summed E-state index contributed by atoms with van der Waals surface area (Å²) in [5.74, 6) is 0.932. The van der Waals surface area contributed by atoms with Crippen LogP contribution in [0.5, 0.6) is 0 Å². The van der Waals surface area contributed by atoms with Crippen LogP contribution in [0.4, 0.5) is 5.13 Å². The highest BCUT2D eigenvalue weighted by atomic mass is 32.1. The van der Waals surface area contributed by atoms with Crippen LogP contribution in [-0.4, -0.2) is 26.7 Å². The van der Waals surface area contributed by atoms with Crippen molar-refractivity contribution < 1.29 is 0 Å². The normalized spacial score (nSPS) is 10.9. The molecule has 0 spiro atoms. The number of thiazole rings is 1. The Bertz CT molecular complexity index is 583. The number of aromatic amines is 1. The summed E-state index contributed by atoms with van der Waals surface area (Å²) >= 11 is 1.69. The Labute approximate surface area is 108 Å². The Balaban J connectivity index is 1.53. The second-order valence-corrected chi connectivity index (χ2v) is 4.98. The number of H-pyrrole nitrogens is 1. The minimum atomic E-state index is 0.889. The molecule has 0 atom stereocenters. The largest absolute Gasteiger partial charge is 0.361 e. The second kappa shape index (κ2) is 5.14. The fourth-order valence-corrected chi connectivity index (χ4v) is 2.64. The fraction of sp³-hybridized carbons (Fsp3) is 0.250. The van der Waals surface area contributed by atoms with E-state index in [1.165, 1.54) is 11.0 Å². The third-order valence-electron chi connectivity index (χ3n) is 2.63. The van der Waals surface area contributed by atoms with Gasteiger partial charge in [0.1, 0.15) is 12.2 Å². The highest BCUT2D eigenvalue weighted by Crippen LogP contribution is 2.25. The summed E-state index contributed by atoms with van der Waals surface area (Å²) < 4.78 is 1.22. The van der Waals surface area contributed by atoms with Crippen molar-refractivity contribution in [3.8, 4) is 0 Å². The van der Waals surface area contributed by atoms with Gasteiger partial charge in [0.15, 0.2) is 5.13 Å². The lowest BCUT2D eigenvalue weighted by Crippen LogP contribution is -2.03. The van der Waals surface area contributed by atoms with Crippen LogP contribution in [0.3, 0.4) is 0 Å². The first kappa shape index (κ1) is 11.2. The molecule has 0 aliphatic rings. The molecule has 0 aliphatic heterocycles. The molecule has 0 saturated heterocycles. The summed E-state index contributed by atoms with van der Waals surface area (Å²) in [5.41, 5.74) is 1.06. The Morgan fingerprint density at radius 2 is 2.22 bits per heavy atom. The summed E-state index contributed by atoms with van der Waals surface area (Å²) in [6.07, 6.45) is 3.44.